The highest BCUT2D eigenvalue weighted by Gasteiger charge is 2.27. The lowest BCUT2D eigenvalue weighted by atomic mass is 10.1. The van der Waals surface area contributed by atoms with Gasteiger partial charge in [0.05, 0.1) is 33.9 Å². The molecule has 0 heterocycles. The number of rotatable bonds is 38. The van der Waals surface area contributed by atoms with Crippen molar-refractivity contribution in [2.75, 3.05) is 47.5 Å². The molecule has 11 heteroatoms. The van der Waals surface area contributed by atoms with E-state index < -0.39 is 38.6 Å². The second-order valence-corrected chi connectivity index (χ2v) is 17.0. The minimum absolute atomic E-state index is 0.0125. The zero-order valence-electron chi connectivity index (χ0n) is 38.2. The fraction of sp³-hybridized carbons (Fsp3) is 0.560. The minimum atomic E-state index is -4.44. The van der Waals surface area contributed by atoms with Crippen LogP contribution in [-0.4, -0.2) is 86.1 Å². The number of hydrogen-bond acceptors (Lipinski definition) is 8. The number of ether oxygens (including phenoxy) is 2. The predicted molar refractivity (Wildman–Crippen MR) is 253 cm³/mol. The second-order valence-electron chi connectivity index (χ2n) is 15.5. The highest BCUT2D eigenvalue weighted by Crippen LogP contribution is 2.43. The van der Waals surface area contributed by atoms with Crippen LogP contribution in [0.4, 0.5) is 0 Å². The molecule has 2 unspecified atom stereocenters. The van der Waals surface area contributed by atoms with E-state index in [1.807, 2.05) is 39.4 Å². The number of unbranched alkanes of at least 4 members (excludes halogenated alkanes) is 4. The van der Waals surface area contributed by atoms with E-state index >= 15 is 0 Å². The summed E-state index contributed by atoms with van der Waals surface area (Å²) in [6.45, 7) is 3.92. The quantitative estimate of drug-likeness (QED) is 0.0156. The van der Waals surface area contributed by atoms with Gasteiger partial charge < -0.3 is 24.0 Å². The maximum Gasteiger partial charge on any atom is 0.472 e. The summed E-state index contributed by atoms with van der Waals surface area (Å²) >= 11 is 0. The number of esters is 2. The second kappa shape index (κ2) is 40.4. The van der Waals surface area contributed by atoms with Crippen LogP contribution in [0.25, 0.3) is 0 Å². The Labute approximate surface area is 370 Å². The molecule has 61 heavy (non-hydrogen) atoms. The van der Waals surface area contributed by atoms with Crippen molar-refractivity contribution in [3.05, 3.63) is 122 Å². The minimum Gasteiger partial charge on any atom is -0.462 e. The highest BCUT2D eigenvalue weighted by molar-refractivity contribution is 7.47. The molecule has 2 N–H and O–H groups in total. The summed E-state index contributed by atoms with van der Waals surface area (Å²) < 4.78 is 34.1. The molecule has 0 saturated heterocycles. The molecule has 0 aliphatic heterocycles. The first-order valence-corrected chi connectivity index (χ1v) is 23.9. The third-order valence-corrected chi connectivity index (χ3v) is 9.57. The lowest BCUT2D eigenvalue weighted by molar-refractivity contribution is -0.870. The highest BCUT2D eigenvalue weighted by atomic mass is 31.2. The molecule has 0 saturated carbocycles. The number of phosphoric acid groups is 1. The van der Waals surface area contributed by atoms with Crippen LogP contribution in [0.1, 0.15) is 123 Å². The Bertz CT molecular complexity index is 1460. The van der Waals surface area contributed by atoms with Crippen molar-refractivity contribution in [3.63, 3.8) is 0 Å². The van der Waals surface area contributed by atoms with Crippen molar-refractivity contribution in [2.24, 2.45) is 0 Å². The average Bonchev–Trinajstić information content (AvgIpc) is 3.21. The normalized spacial score (nSPS) is 15.2. The fourth-order valence-electron chi connectivity index (χ4n) is 5.11. The van der Waals surface area contributed by atoms with Gasteiger partial charge in [0.25, 0.3) is 0 Å². The number of quaternary nitrogens is 1. The van der Waals surface area contributed by atoms with Crippen LogP contribution in [0.5, 0.6) is 0 Å². The molecule has 10 nitrogen and oxygen atoms in total. The maximum absolute atomic E-state index is 12.7. The summed E-state index contributed by atoms with van der Waals surface area (Å²) in [6.07, 6.45) is 52.8. The van der Waals surface area contributed by atoms with Gasteiger partial charge in [-0.25, -0.2) is 4.57 Å². The summed E-state index contributed by atoms with van der Waals surface area (Å²) in [5.74, 6) is -1.02. The third-order valence-electron chi connectivity index (χ3n) is 8.58. The number of carbonyl (C=O) groups is 2. The Morgan fingerprint density at radius 3 is 1.69 bits per heavy atom. The molecule has 0 aromatic heterocycles. The molecule has 0 aromatic rings. The van der Waals surface area contributed by atoms with E-state index in [-0.39, 0.29) is 26.1 Å². The van der Waals surface area contributed by atoms with Crippen LogP contribution in [-0.2, 0) is 32.7 Å². The van der Waals surface area contributed by atoms with E-state index in [2.05, 4.69) is 98.9 Å². The Morgan fingerprint density at radius 2 is 1.11 bits per heavy atom. The van der Waals surface area contributed by atoms with Crippen LogP contribution in [0.3, 0.4) is 0 Å². The molecule has 0 spiro atoms. The van der Waals surface area contributed by atoms with Gasteiger partial charge in [0.2, 0.25) is 0 Å². The van der Waals surface area contributed by atoms with Crippen molar-refractivity contribution in [3.8, 4) is 0 Å². The monoisotopic (exact) mass is 871 g/mol. The Kier molecular flexibility index (Phi) is 38.0. The summed E-state index contributed by atoms with van der Waals surface area (Å²) in [5, 5.41) is 10.2. The lowest BCUT2D eigenvalue weighted by Gasteiger charge is -2.24. The van der Waals surface area contributed by atoms with Crippen LogP contribution >= 0.6 is 7.82 Å². The van der Waals surface area contributed by atoms with Crippen molar-refractivity contribution in [1.82, 2.24) is 0 Å². The van der Waals surface area contributed by atoms with Crippen LogP contribution in [0.2, 0.25) is 0 Å². The SMILES string of the molecule is CC/C=C\C/C=C\C/C=C\C/C=C\C=C/C(O)C/C=C\CCC(=O)O[C@H](COC(=O)CCCCCC/C=C\C/C=C\C/C=C\C/C=C\CC)COP(=O)(O)OCC[N+](C)(C)C. The molecule has 0 amide bonds. The van der Waals surface area contributed by atoms with E-state index in [1.54, 1.807) is 18.2 Å². The van der Waals surface area contributed by atoms with Gasteiger partial charge in [-0.15, -0.1) is 0 Å². The number of likely N-dealkylation sites (N-methyl/N-ethyl adjacent to an activating group) is 1. The fourth-order valence-corrected chi connectivity index (χ4v) is 5.85. The Morgan fingerprint density at radius 1 is 0.590 bits per heavy atom. The Hall–Kier alpha value is -3.63. The van der Waals surface area contributed by atoms with Gasteiger partial charge in [0, 0.05) is 12.8 Å². The van der Waals surface area contributed by atoms with Gasteiger partial charge in [-0.05, 0) is 83.5 Å². The topological polar surface area (TPSA) is 129 Å². The number of aliphatic hydroxyl groups is 1. The molecule has 344 valence electrons. The molecule has 0 rings (SSSR count). The molecule has 0 aliphatic carbocycles. The number of hydrogen-bond donors (Lipinski definition) is 2. The zero-order valence-corrected chi connectivity index (χ0v) is 39.1. The van der Waals surface area contributed by atoms with Crippen molar-refractivity contribution in [1.29, 1.82) is 0 Å². The zero-order chi connectivity index (χ0) is 45.1. The van der Waals surface area contributed by atoms with Crippen molar-refractivity contribution < 1.29 is 47.2 Å². The van der Waals surface area contributed by atoms with Gasteiger partial charge >= 0.3 is 19.8 Å². The molecule has 0 radical (unpaired) electrons. The predicted octanol–water partition coefficient (Wildman–Crippen LogP) is 11.9. The molecule has 0 aliphatic rings. The van der Waals surface area contributed by atoms with Crippen LogP contribution in [0.15, 0.2) is 122 Å². The standard InChI is InChI=1S/C50H80NO9P/c1-6-8-10-12-14-16-18-20-21-22-23-25-27-29-31-33-37-41-49(53)57-45-48(46-59-61(55,56)58-44-43-51(3,4)5)60-50(54)42-38-34-36-40-47(52)39-35-32-30-28-26-24-19-17-15-13-11-9-7-2/h8-11,14-17,20-21,23-26,30,32,34-36,39,47-48,52H,6-7,12-13,18-19,22,27-29,31,33,37-38,40-46H2,1-5H3/p+1/b10-8-,11-9-,16-14-,17-15-,21-20-,25-23-,26-24-,32-30-,36-34-,39-35-/t47?,48-/m1/s1. The van der Waals surface area contributed by atoms with Gasteiger partial charge in [0.15, 0.2) is 6.10 Å². The van der Waals surface area contributed by atoms with Gasteiger partial charge in [-0.3, -0.25) is 18.6 Å². The molecule has 0 fully saturated rings. The first kappa shape index (κ1) is 57.4. The molecule has 0 bridgehead atoms. The molecular weight excluding hydrogens is 790 g/mol. The van der Waals surface area contributed by atoms with Crippen LogP contribution < -0.4 is 0 Å². The molecular formula is C50H81NO9P+. The van der Waals surface area contributed by atoms with E-state index in [9.17, 15) is 24.2 Å². The average molecular weight is 871 g/mol. The third kappa shape index (κ3) is 44.2. The van der Waals surface area contributed by atoms with Gasteiger partial charge in [-0.2, -0.15) is 0 Å². The smallest absolute Gasteiger partial charge is 0.462 e. The summed E-state index contributed by atoms with van der Waals surface area (Å²) in [5.41, 5.74) is 0. The largest absolute Gasteiger partial charge is 0.472 e. The first-order valence-electron chi connectivity index (χ1n) is 22.4. The molecule has 0 aromatic carbocycles. The first-order chi connectivity index (χ1) is 29.4. The summed E-state index contributed by atoms with van der Waals surface area (Å²) in [4.78, 5) is 35.4. The van der Waals surface area contributed by atoms with Crippen molar-refractivity contribution >= 4 is 19.8 Å². The Balaban J connectivity index is 4.64. The number of aliphatic hydroxyl groups excluding tert-OH is 1. The lowest BCUT2D eigenvalue weighted by Crippen LogP contribution is -2.37. The van der Waals surface area contributed by atoms with Gasteiger partial charge in [0.1, 0.15) is 19.8 Å². The number of phosphoric ester groups is 1. The number of carbonyl (C=O) groups excluding carboxylic acids is 2. The van der Waals surface area contributed by atoms with Crippen molar-refractivity contribution in [2.45, 2.75) is 135 Å². The summed E-state index contributed by atoms with van der Waals surface area (Å²) in [7, 11) is 1.33. The maximum atomic E-state index is 12.7. The van der Waals surface area contributed by atoms with E-state index in [0.717, 1.165) is 77.0 Å². The summed E-state index contributed by atoms with van der Waals surface area (Å²) in [6, 6.07) is 0. The van der Waals surface area contributed by atoms with E-state index in [0.29, 0.717) is 30.3 Å². The molecule has 3 atom stereocenters. The van der Waals surface area contributed by atoms with E-state index in [4.69, 9.17) is 18.5 Å². The van der Waals surface area contributed by atoms with E-state index in [1.165, 1.54) is 0 Å². The van der Waals surface area contributed by atoms with Gasteiger partial charge in [-0.1, -0.05) is 148 Å². The number of nitrogens with zero attached hydrogens (tertiary/aromatic N) is 1. The van der Waals surface area contributed by atoms with Crippen LogP contribution in [0, 0.1) is 0 Å². The number of allylic oxidation sites excluding steroid dienone is 18.